The Morgan fingerprint density at radius 2 is 1.63 bits per heavy atom. The highest BCUT2D eigenvalue weighted by Crippen LogP contribution is 2.28. The molecule has 4 aliphatic heterocycles. The molecule has 0 bridgehead atoms. The third kappa shape index (κ3) is 9.54. The number of benzene rings is 2. The fourth-order valence-corrected chi connectivity index (χ4v) is 8.33. The van der Waals surface area contributed by atoms with Crippen molar-refractivity contribution in [2.24, 2.45) is 0 Å². The first-order valence-corrected chi connectivity index (χ1v) is 19.6. The van der Waals surface area contributed by atoms with Crippen molar-refractivity contribution in [1.82, 2.24) is 24.5 Å². The summed E-state index contributed by atoms with van der Waals surface area (Å²) in [5.41, 5.74) is 3.95. The molecule has 1 atom stereocenters. The molecule has 13 nitrogen and oxygen atoms in total. The number of aromatic hydroxyl groups is 1. The Morgan fingerprint density at radius 1 is 0.944 bits per heavy atom. The SMILES string of the molecule is C=Cc1cc(C[C@@H](OC(=O)N2CCC(N3CCc4ccccc4NC3=O)CC2)C(=O)N2CCC(N3CCN(CCC(=O)OCC)CC3)CC2)cc(C)c1O. The van der Waals surface area contributed by atoms with Gasteiger partial charge in [0.15, 0.2) is 6.10 Å². The van der Waals surface area contributed by atoms with E-state index in [9.17, 15) is 24.3 Å². The number of aryl methyl sites for hydroxylation is 1. The quantitative estimate of drug-likeness (QED) is 0.319. The minimum absolute atomic E-state index is 0.00745. The lowest BCUT2D eigenvalue weighted by Crippen LogP contribution is -2.55. The summed E-state index contributed by atoms with van der Waals surface area (Å²) in [6, 6.07) is 11.7. The van der Waals surface area contributed by atoms with Crippen LogP contribution >= 0.6 is 0 Å². The van der Waals surface area contributed by atoms with Crippen LogP contribution in [-0.2, 0) is 31.9 Å². The van der Waals surface area contributed by atoms with E-state index in [1.807, 2.05) is 47.1 Å². The molecule has 0 unspecified atom stereocenters. The molecule has 3 saturated heterocycles. The molecule has 13 heteroatoms. The van der Waals surface area contributed by atoms with Crippen LogP contribution in [0.15, 0.2) is 43.0 Å². The maximum atomic E-state index is 14.2. The predicted octanol–water partition coefficient (Wildman–Crippen LogP) is 4.51. The number of anilines is 1. The Hall–Kier alpha value is -4.62. The monoisotopic (exact) mass is 744 g/mol. The van der Waals surface area contributed by atoms with Gasteiger partial charge < -0.3 is 39.5 Å². The summed E-state index contributed by atoms with van der Waals surface area (Å²) in [5, 5.41) is 13.5. The van der Waals surface area contributed by atoms with E-state index >= 15 is 0 Å². The van der Waals surface area contributed by atoms with Crippen molar-refractivity contribution >= 4 is 35.8 Å². The highest BCUT2D eigenvalue weighted by Gasteiger charge is 2.36. The number of phenolic OH excluding ortho intramolecular Hbond substituents is 1. The Bertz CT molecular complexity index is 1660. The smallest absolute Gasteiger partial charge is 0.410 e. The average Bonchev–Trinajstić information content (AvgIpc) is 3.36. The third-order valence-corrected chi connectivity index (χ3v) is 11.5. The van der Waals surface area contributed by atoms with Gasteiger partial charge in [0.05, 0.1) is 13.0 Å². The van der Waals surface area contributed by atoms with E-state index in [1.54, 1.807) is 24.0 Å². The van der Waals surface area contributed by atoms with Crippen molar-refractivity contribution < 1.29 is 33.8 Å². The summed E-state index contributed by atoms with van der Waals surface area (Å²) >= 11 is 0. The molecule has 54 heavy (non-hydrogen) atoms. The first-order valence-electron chi connectivity index (χ1n) is 19.6. The number of nitrogens with zero attached hydrogens (tertiary/aromatic N) is 5. The summed E-state index contributed by atoms with van der Waals surface area (Å²) in [6.45, 7) is 14.8. The lowest BCUT2D eigenvalue weighted by Gasteiger charge is -2.43. The second-order valence-electron chi connectivity index (χ2n) is 14.9. The van der Waals surface area contributed by atoms with Crippen LogP contribution in [0.25, 0.3) is 6.08 Å². The lowest BCUT2D eigenvalue weighted by molar-refractivity contribution is -0.144. The van der Waals surface area contributed by atoms with Crippen LogP contribution in [0.4, 0.5) is 15.3 Å². The van der Waals surface area contributed by atoms with E-state index in [4.69, 9.17) is 9.47 Å². The molecule has 0 saturated carbocycles. The Balaban J connectivity index is 1.05. The van der Waals surface area contributed by atoms with Crippen molar-refractivity contribution in [2.45, 2.75) is 77.0 Å². The van der Waals surface area contributed by atoms with Gasteiger partial charge in [-0.25, -0.2) is 9.59 Å². The van der Waals surface area contributed by atoms with Gasteiger partial charge >= 0.3 is 18.1 Å². The van der Waals surface area contributed by atoms with E-state index in [-0.39, 0.29) is 36.1 Å². The molecular weight excluding hydrogens is 688 g/mol. The van der Waals surface area contributed by atoms with Gasteiger partial charge in [-0.15, -0.1) is 0 Å². The zero-order valence-corrected chi connectivity index (χ0v) is 31.8. The van der Waals surface area contributed by atoms with Gasteiger partial charge in [-0.05, 0) is 74.8 Å². The number of carbonyl (C=O) groups is 4. The number of carbonyl (C=O) groups excluding carboxylic acids is 4. The van der Waals surface area contributed by atoms with Crippen LogP contribution in [0.1, 0.15) is 61.3 Å². The molecule has 4 amide bonds. The number of amides is 4. The molecule has 4 heterocycles. The fraction of sp³-hybridized carbons (Fsp3) is 0.561. The number of urea groups is 1. The first-order chi connectivity index (χ1) is 26.1. The number of likely N-dealkylation sites (tertiary alicyclic amines) is 2. The largest absolute Gasteiger partial charge is 0.507 e. The molecule has 6 rings (SSSR count). The van der Waals surface area contributed by atoms with E-state index in [0.717, 1.165) is 62.3 Å². The van der Waals surface area contributed by atoms with Crippen LogP contribution in [0, 0.1) is 6.92 Å². The van der Waals surface area contributed by atoms with Crippen molar-refractivity contribution in [2.75, 3.05) is 77.4 Å². The van der Waals surface area contributed by atoms with Gasteiger partial charge in [-0.1, -0.05) is 36.9 Å². The van der Waals surface area contributed by atoms with Gasteiger partial charge in [-0.2, -0.15) is 0 Å². The molecule has 0 aromatic heterocycles. The van der Waals surface area contributed by atoms with Crippen LogP contribution in [0.5, 0.6) is 5.75 Å². The van der Waals surface area contributed by atoms with Gasteiger partial charge in [0, 0.05) is 95.2 Å². The molecule has 4 aliphatic rings. The number of phenols is 1. The number of piperidine rings is 2. The molecule has 0 aliphatic carbocycles. The zero-order chi connectivity index (χ0) is 38.2. The van der Waals surface area contributed by atoms with Gasteiger partial charge in [0.1, 0.15) is 5.75 Å². The maximum Gasteiger partial charge on any atom is 0.410 e. The number of nitrogens with one attached hydrogen (secondary N) is 1. The number of ether oxygens (including phenoxy) is 2. The molecular formula is C41H56N6O7. The van der Waals surface area contributed by atoms with Crippen LogP contribution in [-0.4, -0.2) is 144 Å². The number of hydrogen-bond acceptors (Lipinski definition) is 9. The molecule has 292 valence electrons. The normalized spacial score (nSPS) is 19.7. The standard InChI is InChI=1S/C41H56N6O7/c1-4-31-27-30(26-29(3)38(31)49)28-36(39(50)45-17-11-33(12-18-45)44-24-22-43(23-25-44)16-15-37(48)53-5-2)54-41(52)46-19-13-34(14-20-46)47-21-10-32-8-6-7-9-35(32)42-40(47)51/h4,6-9,26-27,33-34,36,49H,1,5,10-25,28H2,2-3H3,(H,42,51)/t36-/m1/s1. The predicted molar refractivity (Wildman–Crippen MR) is 206 cm³/mol. The number of esters is 1. The van der Waals surface area contributed by atoms with E-state index in [2.05, 4.69) is 21.7 Å². The summed E-state index contributed by atoms with van der Waals surface area (Å²) in [4.78, 5) is 63.0. The summed E-state index contributed by atoms with van der Waals surface area (Å²) in [6.07, 6.45) is 4.24. The number of piperazine rings is 1. The average molecular weight is 745 g/mol. The van der Waals surface area contributed by atoms with Gasteiger partial charge in [0.2, 0.25) is 0 Å². The number of para-hydroxylation sites is 1. The van der Waals surface area contributed by atoms with E-state index in [0.29, 0.717) is 82.3 Å². The molecule has 3 fully saturated rings. The zero-order valence-electron chi connectivity index (χ0n) is 31.8. The number of fused-ring (bicyclic) bond motifs is 1. The summed E-state index contributed by atoms with van der Waals surface area (Å²) < 4.78 is 11.2. The Morgan fingerprint density at radius 3 is 2.33 bits per heavy atom. The van der Waals surface area contributed by atoms with Gasteiger partial charge in [0.25, 0.3) is 5.91 Å². The Labute approximate surface area is 318 Å². The molecule has 0 spiro atoms. The van der Waals surface area contributed by atoms with Crippen molar-refractivity contribution in [3.63, 3.8) is 0 Å². The lowest BCUT2D eigenvalue weighted by atomic mass is 9.98. The van der Waals surface area contributed by atoms with Gasteiger partial charge in [-0.3, -0.25) is 14.5 Å². The van der Waals surface area contributed by atoms with Crippen molar-refractivity contribution in [1.29, 1.82) is 0 Å². The second-order valence-corrected chi connectivity index (χ2v) is 14.9. The Kier molecular flexibility index (Phi) is 13.1. The summed E-state index contributed by atoms with van der Waals surface area (Å²) in [7, 11) is 0. The van der Waals surface area contributed by atoms with Crippen LogP contribution in [0.2, 0.25) is 0 Å². The minimum atomic E-state index is -1.04. The molecule has 2 N–H and O–H groups in total. The maximum absolute atomic E-state index is 14.2. The number of rotatable bonds is 11. The third-order valence-electron chi connectivity index (χ3n) is 11.5. The minimum Gasteiger partial charge on any atom is -0.507 e. The topological polar surface area (TPSA) is 135 Å². The number of hydrogen-bond donors (Lipinski definition) is 2. The van der Waals surface area contributed by atoms with Crippen molar-refractivity contribution in [3.8, 4) is 5.75 Å². The van der Waals surface area contributed by atoms with Crippen LogP contribution in [0.3, 0.4) is 0 Å². The molecule has 2 aromatic rings. The van der Waals surface area contributed by atoms with E-state index in [1.165, 1.54) is 0 Å². The molecule has 0 radical (unpaired) electrons. The highest BCUT2D eigenvalue weighted by molar-refractivity contribution is 5.91. The van der Waals surface area contributed by atoms with Crippen LogP contribution < -0.4 is 5.32 Å². The summed E-state index contributed by atoms with van der Waals surface area (Å²) in [5.74, 6) is -0.231. The fourth-order valence-electron chi connectivity index (χ4n) is 8.33. The second kappa shape index (κ2) is 18.1. The van der Waals surface area contributed by atoms with Crippen molar-refractivity contribution in [3.05, 3.63) is 65.2 Å². The highest BCUT2D eigenvalue weighted by atomic mass is 16.6. The van der Waals surface area contributed by atoms with E-state index < -0.39 is 12.2 Å². The first kappa shape index (κ1) is 39.1. The molecule has 2 aromatic carbocycles.